The summed E-state index contributed by atoms with van der Waals surface area (Å²) in [6.45, 7) is 1.67. The third-order valence-electron chi connectivity index (χ3n) is 2.04. The molecule has 0 saturated carbocycles. The molecular formula is C10H6Cl2FN. The average Bonchev–Trinajstić information content (AvgIpc) is 2.15. The zero-order valence-electron chi connectivity index (χ0n) is 7.31. The molecule has 0 atom stereocenters. The molecule has 1 aromatic carbocycles. The van der Waals surface area contributed by atoms with Crippen molar-refractivity contribution in [2.45, 2.75) is 6.92 Å². The van der Waals surface area contributed by atoms with E-state index in [-0.39, 0.29) is 5.82 Å². The number of rotatable bonds is 0. The topological polar surface area (TPSA) is 12.9 Å². The fraction of sp³-hybridized carbons (Fsp3) is 0.100. The largest absolute Gasteiger partial charge is 0.254 e. The van der Waals surface area contributed by atoms with Gasteiger partial charge in [0.25, 0.3) is 0 Å². The van der Waals surface area contributed by atoms with E-state index in [2.05, 4.69) is 4.98 Å². The maximum absolute atomic E-state index is 13.2. The van der Waals surface area contributed by atoms with E-state index in [1.165, 1.54) is 12.3 Å². The van der Waals surface area contributed by atoms with Crippen LogP contribution in [-0.2, 0) is 0 Å². The van der Waals surface area contributed by atoms with Gasteiger partial charge in [0, 0.05) is 17.6 Å². The van der Waals surface area contributed by atoms with Crippen molar-refractivity contribution < 1.29 is 4.39 Å². The van der Waals surface area contributed by atoms with Gasteiger partial charge in [-0.3, -0.25) is 4.98 Å². The van der Waals surface area contributed by atoms with Crippen LogP contribution in [0.2, 0.25) is 10.0 Å². The molecule has 0 saturated heterocycles. The lowest BCUT2D eigenvalue weighted by atomic mass is 10.1. The summed E-state index contributed by atoms with van der Waals surface area (Å²) in [7, 11) is 0. The molecule has 0 unspecified atom stereocenters. The molecular weight excluding hydrogens is 224 g/mol. The summed E-state index contributed by atoms with van der Waals surface area (Å²) in [5.41, 5.74) is 1.05. The second-order valence-electron chi connectivity index (χ2n) is 3.04. The SMILES string of the molecule is Cc1cc2c(Cl)c(Cl)cnc2cc1F. The Kier molecular flexibility index (Phi) is 2.33. The maximum Gasteiger partial charge on any atom is 0.128 e. The van der Waals surface area contributed by atoms with Gasteiger partial charge in [-0.2, -0.15) is 0 Å². The molecule has 0 N–H and O–H groups in total. The number of pyridine rings is 1. The van der Waals surface area contributed by atoms with E-state index in [1.807, 2.05) is 0 Å². The Bertz CT molecular complexity index is 511. The molecule has 0 spiro atoms. The Morgan fingerprint density at radius 2 is 2.00 bits per heavy atom. The lowest BCUT2D eigenvalue weighted by molar-refractivity contribution is 0.620. The lowest BCUT2D eigenvalue weighted by Gasteiger charge is -2.03. The minimum absolute atomic E-state index is 0.289. The Hall–Kier alpha value is -0.860. The number of hydrogen-bond acceptors (Lipinski definition) is 1. The number of nitrogens with zero attached hydrogens (tertiary/aromatic N) is 1. The van der Waals surface area contributed by atoms with Crippen molar-refractivity contribution in [3.8, 4) is 0 Å². The van der Waals surface area contributed by atoms with Crippen LogP contribution in [0.25, 0.3) is 10.9 Å². The molecule has 1 heterocycles. The molecule has 0 radical (unpaired) electrons. The zero-order valence-corrected chi connectivity index (χ0v) is 8.83. The molecule has 0 amide bonds. The highest BCUT2D eigenvalue weighted by Gasteiger charge is 2.07. The summed E-state index contributed by atoms with van der Waals surface area (Å²) in [5, 5.41) is 1.48. The molecule has 2 rings (SSSR count). The first-order valence-corrected chi connectivity index (χ1v) is 4.75. The predicted molar refractivity (Wildman–Crippen MR) is 56.5 cm³/mol. The second kappa shape index (κ2) is 3.37. The minimum Gasteiger partial charge on any atom is -0.254 e. The van der Waals surface area contributed by atoms with Gasteiger partial charge in [-0.1, -0.05) is 23.2 Å². The molecule has 4 heteroatoms. The van der Waals surface area contributed by atoms with Gasteiger partial charge in [-0.05, 0) is 18.6 Å². The lowest BCUT2D eigenvalue weighted by Crippen LogP contribution is -1.87. The number of fused-ring (bicyclic) bond motifs is 1. The average molecular weight is 230 g/mol. The van der Waals surface area contributed by atoms with Crippen LogP contribution in [0.5, 0.6) is 0 Å². The molecule has 1 aromatic heterocycles. The van der Waals surface area contributed by atoms with E-state index < -0.39 is 0 Å². The minimum atomic E-state index is -0.289. The molecule has 72 valence electrons. The molecule has 0 aliphatic rings. The van der Waals surface area contributed by atoms with Crippen LogP contribution in [0.4, 0.5) is 4.39 Å². The van der Waals surface area contributed by atoms with Gasteiger partial charge in [0.1, 0.15) is 5.82 Å². The zero-order chi connectivity index (χ0) is 10.3. The Morgan fingerprint density at radius 3 is 2.71 bits per heavy atom. The summed E-state index contributed by atoms with van der Waals surface area (Å²) in [4.78, 5) is 3.99. The fourth-order valence-corrected chi connectivity index (χ4v) is 1.62. The van der Waals surface area contributed by atoms with Gasteiger partial charge < -0.3 is 0 Å². The Balaban J connectivity index is 2.89. The van der Waals surface area contributed by atoms with Gasteiger partial charge in [0.15, 0.2) is 0 Å². The normalized spacial score (nSPS) is 10.9. The van der Waals surface area contributed by atoms with Crippen molar-refractivity contribution in [1.29, 1.82) is 0 Å². The smallest absolute Gasteiger partial charge is 0.128 e. The van der Waals surface area contributed by atoms with Gasteiger partial charge in [-0.15, -0.1) is 0 Å². The van der Waals surface area contributed by atoms with Crippen LogP contribution in [0, 0.1) is 12.7 Å². The molecule has 14 heavy (non-hydrogen) atoms. The summed E-state index contributed by atoms with van der Waals surface area (Å²) >= 11 is 11.7. The van der Waals surface area contributed by atoms with Gasteiger partial charge in [0.2, 0.25) is 0 Å². The number of benzene rings is 1. The Morgan fingerprint density at radius 1 is 1.29 bits per heavy atom. The van der Waals surface area contributed by atoms with Crippen molar-refractivity contribution in [3.63, 3.8) is 0 Å². The monoisotopic (exact) mass is 229 g/mol. The fourth-order valence-electron chi connectivity index (χ4n) is 1.27. The number of hydrogen-bond donors (Lipinski definition) is 0. The quantitative estimate of drug-likeness (QED) is 0.666. The first-order valence-electron chi connectivity index (χ1n) is 3.99. The molecule has 0 aliphatic heterocycles. The van der Waals surface area contributed by atoms with E-state index in [0.29, 0.717) is 26.5 Å². The summed E-state index contributed by atoms with van der Waals surface area (Å²) in [6.07, 6.45) is 1.42. The third kappa shape index (κ3) is 1.45. The standard InChI is InChI=1S/C10H6Cl2FN/c1-5-2-6-9(3-8(5)13)14-4-7(11)10(6)12/h2-4H,1H3. The van der Waals surface area contributed by atoms with Crippen LogP contribution in [0.1, 0.15) is 5.56 Å². The molecule has 2 aromatic rings. The van der Waals surface area contributed by atoms with E-state index in [9.17, 15) is 4.39 Å². The van der Waals surface area contributed by atoms with E-state index in [4.69, 9.17) is 23.2 Å². The summed E-state index contributed by atoms with van der Waals surface area (Å²) in [5.74, 6) is -0.289. The molecule has 1 nitrogen and oxygen atoms in total. The van der Waals surface area contributed by atoms with E-state index in [0.717, 1.165) is 0 Å². The van der Waals surface area contributed by atoms with Crippen molar-refractivity contribution in [2.24, 2.45) is 0 Å². The van der Waals surface area contributed by atoms with Gasteiger partial charge in [-0.25, -0.2) is 4.39 Å². The van der Waals surface area contributed by atoms with Crippen molar-refractivity contribution in [3.05, 3.63) is 39.8 Å². The summed E-state index contributed by atoms with van der Waals surface area (Å²) < 4.78 is 13.2. The van der Waals surface area contributed by atoms with Gasteiger partial charge in [0.05, 0.1) is 15.6 Å². The van der Waals surface area contributed by atoms with Crippen molar-refractivity contribution >= 4 is 34.1 Å². The Labute approximate surface area is 90.5 Å². The molecule has 0 fully saturated rings. The molecule has 0 bridgehead atoms. The second-order valence-corrected chi connectivity index (χ2v) is 3.82. The van der Waals surface area contributed by atoms with Crippen LogP contribution in [0.15, 0.2) is 18.3 Å². The summed E-state index contributed by atoms with van der Waals surface area (Å²) in [6, 6.07) is 3.00. The maximum atomic E-state index is 13.2. The number of halogens is 3. The van der Waals surface area contributed by atoms with Crippen LogP contribution in [-0.4, -0.2) is 4.98 Å². The highest BCUT2D eigenvalue weighted by molar-refractivity contribution is 6.45. The van der Waals surface area contributed by atoms with E-state index in [1.54, 1.807) is 13.0 Å². The van der Waals surface area contributed by atoms with Crippen molar-refractivity contribution in [1.82, 2.24) is 4.98 Å². The van der Waals surface area contributed by atoms with E-state index >= 15 is 0 Å². The van der Waals surface area contributed by atoms with Gasteiger partial charge >= 0.3 is 0 Å². The van der Waals surface area contributed by atoms with Crippen LogP contribution < -0.4 is 0 Å². The third-order valence-corrected chi connectivity index (χ3v) is 2.83. The highest BCUT2D eigenvalue weighted by Crippen LogP contribution is 2.30. The van der Waals surface area contributed by atoms with Crippen LogP contribution in [0.3, 0.4) is 0 Å². The first kappa shape index (κ1) is 9.69. The molecule has 0 aliphatic carbocycles. The van der Waals surface area contributed by atoms with Crippen LogP contribution >= 0.6 is 23.2 Å². The number of aromatic nitrogens is 1. The number of aryl methyl sites for hydroxylation is 1. The highest BCUT2D eigenvalue weighted by atomic mass is 35.5. The predicted octanol–water partition coefficient (Wildman–Crippen LogP) is 3.99. The first-order chi connectivity index (χ1) is 6.59. The van der Waals surface area contributed by atoms with Crippen molar-refractivity contribution in [2.75, 3.05) is 0 Å².